The van der Waals surface area contributed by atoms with Gasteiger partial charge >= 0.3 is 0 Å². The van der Waals surface area contributed by atoms with Gasteiger partial charge in [-0.3, -0.25) is 9.98 Å². The molecule has 126 valence electrons. The van der Waals surface area contributed by atoms with Gasteiger partial charge in [-0.2, -0.15) is 0 Å². The van der Waals surface area contributed by atoms with Crippen molar-refractivity contribution in [3.8, 4) is 0 Å². The van der Waals surface area contributed by atoms with E-state index in [9.17, 15) is 0 Å². The zero-order valence-electron chi connectivity index (χ0n) is 14.5. The molecule has 0 saturated heterocycles. The first kappa shape index (κ1) is 14.6. The van der Waals surface area contributed by atoms with E-state index >= 15 is 0 Å². The van der Waals surface area contributed by atoms with E-state index in [1.54, 1.807) is 0 Å². The number of aromatic nitrogens is 1. The van der Waals surface area contributed by atoms with Crippen molar-refractivity contribution in [2.75, 3.05) is 18.4 Å². The van der Waals surface area contributed by atoms with Gasteiger partial charge in [0.05, 0.1) is 12.2 Å². The van der Waals surface area contributed by atoms with E-state index in [1.807, 2.05) is 12.4 Å². The third-order valence-electron chi connectivity index (χ3n) is 6.72. The molecule has 5 rings (SSSR count). The van der Waals surface area contributed by atoms with Crippen molar-refractivity contribution < 1.29 is 0 Å². The fraction of sp³-hybridized carbons (Fsp3) is 0.650. The summed E-state index contributed by atoms with van der Waals surface area (Å²) in [4.78, 5) is 14.0. The normalized spacial score (nSPS) is 34.4. The molecule has 1 aromatic heterocycles. The maximum absolute atomic E-state index is 5.00. The largest absolute Gasteiger partial charge is 0.383 e. The monoisotopic (exact) mass is 322 g/mol. The summed E-state index contributed by atoms with van der Waals surface area (Å²) in [6.45, 7) is 4.06. The van der Waals surface area contributed by atoms with E-state index in [-0.39, 0.29) is 0 Å². The Morgan fingerprint density at radius 1 is 1.17 bits per heavy atom. The first-order valence-corrected chi connectivity index (χ1v) is 9.45. The SMILES string of the molecule is Cc1cncc(NCC23CCC(C4=NC(C5CC5)=NC4)(CC2)C3)c1. The smallest absolute Gasteiger partial charge is 0.126 e. The third-order valence-corrected chi connectivity index (χ3v) is 6.72. The second kappa shape index (κ2) is 5.14. The molecule has 0 spiro atoms. The highest BCUT2D eigenvalue weighted by Crippen LogP contribution is 2.62. The van der Waals surface area contributed by atoms with E-state index in [1.165, 1.54) is 62.1 Å². The van der Waals surface area contributed by atoms with Crippen molar-refractivity contribution in [3.63, 3.8) is 0 Å². The molecule has 1 aromatic rings. The van der Waals surface area contributed by atoms with Gasteiger partial charge in [-0.15, -0.1) is 0 Å². The van der Waals surface area contributed by atoms with Crippen LogP contribution in [0.3, 0.4) is 0 Å². The van der Waals surface area contributed by atoms with Crippen molar-refractivity contribution in [1.29, 1.82) is 0 Å². The molecule has 0 unspecified atom stereocenters. The highest BCUT2D eigenvalue weighted by atomic mass is 15.0. The van der Waals surface area contributed by atoms with Crippen LogP contribution in [0.4, 0.5) is 5.69 Å². The summed E-state index contributed by atoms with van der Waals surface area (Å²) in [6.07, 6.45) is 13.1. The zero-order chi connectivity index (χ0) is 16.2. The molecule has 0 aromatic carbocycles. The van der Waals surface area contributed by atoms with E-state index in [2.05, 4.69) is 23.3 Å². The van der Waals surface area contributed by atoms with Crippen molar-refractivity contribution in [2.24, 2.45) is 26.7 Å². The molecular formula is C20H26N4. The molecule has 4 heteroatoms. The summed E-state index contributed by atoms with van der Waals surface area (Å²) in [6, 6.07) is 2.19. The molecule has 1 aliphatic heterocycles. The molecule has 0 atom stereocenters. The summed E-state index contributed by atoms with van der Waals surface area (Å²) < 4.78 is 0. The minimum absolute atomic E-state index is 0.368. The van der Waals surface area contributed by atoms with E-state index in [0.717, 1.165) is 18.8 Å². The third kappa shape index (κ3) is 2.38. The van der Waals surface area contributed by atoms with Crippen LogP contribution in [0.1, 0.15) is 50.5 Å². The molecule has 4 aliphatic rings. The number of rotatable bonds is 5. The Balaban J connectivity index is 1.28. The van der Waals surface area contributed by atoms with Gasteiger partial charge in [0.1, 0.15) is 5.84 Å². The molecule has 2 bridgehead atoms. The number of nitrogens with zero attached hydrogens (tertiary/aromatic N) is 3. The van der Waals surface area contributed by atoms with Crippen LogP contribution in [0.15, 0.2) is 28.4 Å². The highest BCUT2D eigenvalue weighted by Gasteiger charge is 2.56. The molecule has 0 radical (unpaired) electrons. The van der Waals surface area contributed by atoms with Gasteiger partial charge in [-0.1, -0.05) is 0 Å². The second-order valence-electron chi connectivity index (χ2n) is 8.57. The molecule has 3 saturated carbocycles. The first-order chi connectivity index (χ1) is 11.7. The fourth-order valence-electron chi connectivity index (χ4n) is 5.11. The van der Waals surface area contributed by atoms with Crippen LogP contribution in [-0.2, 0) is 0 Å². The van der Waals surface area contributed by atoms with Gasteiger partial charge in [0, 0.05) is 36.0 Å². The van der Waals surface area contributed by atoms with Gasteiger partial charge in [-0.25, -0.2) is 4.99 Å². The van der Waals surface area contributed by atoms with Crippen molar-refractivity contribution in [3.05, 3.63) is 24.0 Å². The number of fused-ring (bicyclic) bond motifs is 2. The minimum atomic E-state index is 0.368. The van der Waals surface area contributed by atoms with Gasteiger partial charge < -0.3 is 5.32 Å². The van der Waals surface area contributed by atoms with E-state index in [4.69, 9.17) is 9.98 Å². The predicted octanol–water partition coefficient (Wildman–Crippen LogP) is 4.02. The zero-order valence-corrected chi connectivity index (χ0v) is 14.5. The van der Waals surface area contributed by atoms with Crippen LogP contribution in [-0.4, -0.2) is 29.6 Å². The maximum Gasteiger partial charge on any atom is 0.126 e. The van der Waals surface area contributed by atoms with Crippen molar-refractivity contribution in [2.45, 2.75) is 51.9 Å². The molecule has 24 heavy (non-hydrogen) atoms. The molecule has 3 fully saturated rings. The lowest BCUT2D eigenvalue weighted by molar-refractivity contribution is 0.312. The number of hydrogen-bond acceptors (Lipinski definition) is 4. The highest BCUT2D eigenvalue weighted by molar-refractivity contribution is 6.08. The average Bonchev–Trinajstić information content (AvgIpc) is 3.07. The maximum atomic E-state index is 5.00. The quantitative estimate of drug-likeness (QED) is 0.890. The summed E-state index contributed by atoms with van der Waals surface area (Å²) in [5.41, 5.74) is 4.61. The Morgan fingerprint density at radius 2 is 2.00 bits per heavy atom. The summed E-state index contributed by atoms with van der Waals surface area (Å²) in [7, 11) is 0. The van der Waals surface area contributed by atoms with Crippen LogP contribution in [0.2, 0.25) is 0 Å². The molecule has 1 N–H and O–H groups in total. The van der Waals surface area contributed by atoms with E-state index < -0.39 is 0 Å². The van der Waals surface area contributed by atoms with Crippen LogP contribution < -0.4 is 5.32 Å². The minimum Gasteiger partial charge on any atom is -0.383 e. The molecule has 4 nitrogen and oxygen atoms in total. The van der Waals surface area contributed by atoms with Gasteiger partial charge in [-0.05, 0) is 68.9 Å². The molecule has 2 heterocycles. The van der Waals surface area contributed by atoms with Gasteiger partial charge in [0.15, 0.2) is 0 Å². The van der Waals surface area contributed by atoms with Crippen LogP contribution in [0, 0.1) is 23.7 Å². The van der Waals surface area contributed by atoms with Crippen molar-refractivity contribution in [1.82, 2.24) is 4.98 Å². The number of amidine groups is 1. The number of aryl methyl sites for hydroxylation is 1. The Bertz CT molecular complexity index is 721. The topological polar surface area (TPSA) is 49.6 Å². The Labute approximate surface area is 143 Å². The lowest BCUT2D eigenvalue weighted by Gasteiger charge is -2.28. The predicted molar refractivity (Wildman–Crippen MR) is 97.9 cm³/mol. The molecule has 3 aliphatic carbocycles. The second-order valence-corrected chi connectivity index (χ2v) is 8.57. The van der Waals surface area contributed by atoms with Gasteiger partial charge in [0.25, 0.3) is 0 Å². The number of hydrogen-bond donors (Lipinski definition) is 1. The summed E-state index contributed by atoms with van der Waals surface area (Å²) in [5, 5.41) is 3.66. The van der Waals surface area contributed by atoms with E-state index in [0.29, 0.717) is 16.7 Å². The lowest BCUT2D eigenvalue weighted by atomic mass is 9.79. The fourth-order valence-corrected chi connectivity index (χ4v) is 5.11. The first-order valence-electron chi connectivity index (χ1n) is 9.45. The van der Waals surface area contributed by atoms with Crippen LogP contribution in [0.25, 0.3) is 0 Å². The molecule has 0 amide bonds. The lowest BCUT2D eigenvalue weighted by Crippen LogP contribution is -2.27. The number of nitrogens with one attached hydrogen (secondary N) is 1. The summed E-state index contributed by atoms with van der Waals surface area (Å²) in [5.74, 6) is 1.87. The van der Waals surface area contributed by atoms with Crippen LogP contribution in [0.5, 0.6) is 0 Å². The Morgan fingerprint density at radius 3 is 2.75 bits per heavy atom. The average molecular weight is 322 g/mol. The van der Waals surface area contributed by atoms with Gasteiger partial charge in [0.2, 0.25) is 0 Å². The number of pyridine rings is 1. The summed E-state index contributed by atoms with van der Waals surface area (Å²) >= 11 is 0. The Hall–Kier alpha value is -1.71. The number of anilines is 1. The number of aliphatic imine (C=N–C) groups is 2. The molecular weight excluding hydrogens is 296 g/mol. The standard InChI is InChI=1S/C20H26N4/c1-14-8-16(10-21-9-14)23-13-19-4-6-20(12-19,7-5-19)17-11-22-18(24-17)15-2-3-15/h8-10,15,23H,2-7,11-13H2,1H3. The van der Waals surface area contributed by atoms with Crippen molar-refractivity contribution >= 4 is 17.2 Å². The Kier molecular flexibility index (Phi) is 3.13. The van der Waals surface area contributed by atoms with Crippen LogP contribution >= 0.6 is 0 Å².